The highest BCUT2D eigenvalue weighted by atomic mass is 16.5. The van der Waals surface area contributed by atoms with Crippen molar-refractivity contribution in [2.24, 2.45) is 5.92 Å². The van der Waals surface area contributed by atoms with E-state index in [9.17, 15) is 5.26 Å². The number of ether oxygens (including phenoxy) is 1. The zero-order chi connectivity index (χ0) is 22.6. The summed E-state index contributed by atoms with van der Waals surface area (Å²) in [5.74, 6) is 2.45. The van der Waals surface area contributed by atoms with Crippen LogP contribution in [0.25, 0.3) is 11.1 Å². The summed E-state index contributed by atoms with van der Waals surface area (Å²) in [6, 6.07) is 17.3. The van der Waals surface area contributed by atoms with Crippen molar-refractivity contribution in [3.63, 3.8) is 0 Å². The van der Waals surface area contributed by atoms with Crippen LogP contribution in [0.3, 0.4) is 0 Å². The summed E-state index contributed by atoms with van der Waals surface area (Å²) < 4.78 is 5.87. The fraction of sp³-hybridized carbons (Fsp3) is 0.567. The van der Waals surface area contributed by atoms with Crippen LogP contribution in [0.5, 0.6) is 5.75 Å². The Morgan fingerprint density at radius 2 is 1.56 bits per heavy atom. The molecule has 0 N–H and O–H groups in total. The molecule has 0 amide bonds. The molecule has 32 heavy (non-hydrogen) atoms. The Kier molecular flexibility index (Phi) is 10.1. The maximum atomic E-state index is 9.70. The minimum Gasteiger partial charge on any atom is -0.494 e. The van der Waals surface area contributed by atoms with E-state index < -0.39 is 0 Å². The lowest BCUT2D eigenvalue weighted by Gasteiger charge is -2.29. The van der Waals surface area contributed by atoms with Gasteiger partial charge in [-0.15, -0.1) is 0 Å². The van der Waals surface area contributed by atoms with Crippen molar-refractivity contribution in [1.82, 2.24) is 0 Å². The Balaban J connectivity index is 1.57. The van der Waals surface area contributed by atoms with Gasteiger partial charge >= 0.3 is 0 Å². The molecule has 2 aromatic rings. The van der Waals surface area contributed by atoms with Crippen LogP contribution in [-0.2, 0) is 0 Å². The van der Waals surface area contributed by atoms with Crippen LogP contribution < -0.4 is 4.74 Å². The molecule has 0 radical (unpaired) electrons. The molecule has 0 atom stereocenters. The van der Waals surface area contributed by atoms with Gasteiger partial charge in [-0.3, -0.25) is 0 Å². The van der Waals surface area contributed by atoms with Gasteiger partial charge in [0, 0.05) is 0 Å². The quantitative estimate of drug-likeness (QED) is 0.314. The number of unbranched alkanes of at least 4 members (excludes halogenated alkanes) is 5. The van der Waals surface area contributed by atoms with Crippen molar-refractivity contribution < 1.29 is 4.74 Å². The van der Waals surface area contributed by atoms with Gasteiger partial charge < -0.3 is 4.74 Å². The van der Waals surface area contributed by atoms with Gasteiger partial charge in [-0.1, -0.05) is 83.1 Å². The maximum Gasteiger partial charge on any atom is 0.120 e. The SMILES string of the molecule is CCCCCCOc1ccc(-c2ccc(C3CCC(CCCCC)CC3)cc2)c(C#N)c1. The molecule has 172 valence electrons. The zero-order valence-electron chi connectivity index (χ0n) is 20.2. The first-order valence-electron chi connectivity index (χ1n) is 13.0. The highest BCUT2D eigenvalue weighted by Crippen LogP contribution is 2.38. The molecule has 1 aliphatic carbocycles. The van der Waals surface area contributed by atoms with Crippen LogP contribution >= 0.6 is 0 Å². The molecule has 2 heteroatoms. The smallest absolute Gasteiger partial charge is 0.120 e. The molecule has 0 aliphatic heterocycles. The van der Waals surface area contributed by atoms with Crippen molar-refractivity contribution in [3.8, 4) is 22.9 Å². The van der Waals surface area contributed by atoms with Crippen molar-refractivity contribution in [2.45, 2.75) is 96.8 Å². The molecule has 0 aromatic heterocycles. The second kappa shape index (κ2) is 13.3. The third-order valence-electron chi connectivity index (χ3n) is 7.13. The van der Waals surface area contributed by atoms with E-state index in [1.807, 2.05) is 18.2 Å². The molecule has 0 unspecified atom stereocenters. The van der Waals surface area contributed by atoms with Crippen molar-refractivity contribution in [3.05, 3.63) is 53.6 Å². The van der Waals surface area contributed by atoms with Crippen LogP contribution in [0.1, 0.15) is 108 Å². The number of hydrogen-bond acceptors (Lipinski definition) is 2. The van der Waals surface area contributed by atoms with E-state index in [4.69, 9.17) is 4.74 Å². The number of nitrogens with zero attached hydrogens (tertiary/aromatic N) is 1. The van der Waals surface area contributed by atoms with E-state index >= 15 is 0 Å². The predicted molar refractivity (Wildman–Crippen MR) is 135 cm³/mol. The molecular formula is C30H41NO. The summed E-state index contributed by atoms with van der Waals surface area (Å²) in [6.45, 7) is 5.23. The van der Waals surface area contributed by atoms with Gasteiger partial charge in [-0.2, -0.15) is 5.26 Å². The summed E-state index contributed by atoms with van der Waals surface area (Å²) in [4.78, 5) is 0. The summed E-state index contributed by atoms with van der Waals surface area (Å²) in [5, 5.41) is 9.70. The zero-order valence-corrected chi connectivity index (χ0v) is 20.2. The van der Waals surface area contributed by atoms with E-state index in [2.05, 4.69) is 44.2 Å². The van der Waals surface area contributed by atoms with Gasteiger partial charge in [0.05, 0.1) is 18.2 Å². The second-order valence-electron chi connectivity index (χ2n) is 9.56. The Morgan fingerprint density at radius 3 is 2.25 bits per heavy atom. The van der Waals surface area contributed by atoms with Crippen LogP contribution in [-0.4, -0.2) is 6.61 Å². The van der Waals surface area contributed by atoms with Gasteiger partial charge in [-0.25, -0.2) is 0 Å². The first-order valence-corrected chi connectivity index (χ1v) is 13.0. The van der Waals surface area contributed by atoms with Gasteiger partial charge in [0.15, 0.2) is 0 Å². The lowest BCUT2D eigenvalue weighted by atomic mass is 9.77. The van der Waals surface area contributed by atoms with Crippen molar-refractivity contribution in [1.29, 1.82) is 5.26 Å². The Hall–Kier alpha value is -2.27. The van der Waals surface area contributed by atoms with E-state index in [0.717, 1.165) is 35.8 Å². The molecule has 3 rings (SSSR count). The fourth-order valence-electron chi connectivity index (χ4n) is 5.08. The molecular weight excluding hydrogens is 390 g/mol. The fourth-order valence-corrected chi connectivity index (χ4v) is 5.08. The van der Waals surface area contributed by atoms with Crippen LogP contribution in [0.15, 0.2) is 42.5 Å². The average Bonchev–Trinajstić information content (AvgIpc) is 2.84. The number of benzene rings is 2. The molecule has 1 fully saturated rings. The molecule has 0 spiro atoms. The van der Waals surface area contributed by atoms with Crippen molar-refractivity contribution >= 4 is 0 Å². The standard InChI is InChI=1S/C30H41NO/c1-3-5-7-9-21-32-29-19-20-30(28(22-29)23-31)27-17-15-26(16-18-27)25-13-11-24(12-14-25)10-8-6-4-2/h15-20,22,24-25H,3-14,21H2,1-2H3. The normalized spacial score (nSPS) is 18.3. The Labute approximate surface area is 196 Å². The minimum atomic E-state index is 0.691. The van der Waals surface area contributed by atoms with Gasteiger partial charge in [0.1, 0.15) is 5.75 Å². The van der Waals surface area contributed by atoms with Crippen LogP contribution in [0, 0.1) is 17.2 Å². The van der Waals surface area contributed by atoms with Gasteiger partial charge in [0.2, 0.25) is 0 Å². The first-order chi connectivity index (χ1) is 15.7. The Morgan fingerprint density at radius 1 is 0.844 bits per heavy atom. The lowest BCUT2D eigenvalue weighted by molar-refractivity contribution is 0.303. The summed E-state index contributed by atoms with van der Waals surface area (Å²) in [5.41, 5.74) is 4.27. The molecule has 0 saturated heterocycles. The summed E-state index contributed by atoms with van der Waals surface area (Å²) in [7, 11) is 0. The number of nitriles is 1. The molecule has 1 saturated carbocycles. The molecule has 1 aliphatic rings. The third kappa shape index (κ3) is 7.13. The minimum absolute atomic E-state index is 0.691. The monoisotopic (exact) mass is 431 g/mol. The largest absolute Gasteiger partial charge is 0.494 e. The predicted octanol–water partition coefficient (Wildman–Crippen LogP) is 9.04. The molecule has 2 aromatic carbocycles. The third-order valence-corrected chi connectivity index (χ3v) is 7.13. The van der Waals surface area contributed by atoms with E-state index in [1.165, 1.54) is 76.2 Å². The second-order valence-corrected chi connectivity index (χ2v) is 9.56. The molecule has 2 nitrogen and oxygen atoms in total. The number of hydrogen-bond donors (Lipinski definition) is 0. The van der Waals surface area contributed by atoms with Gasteiger partial charge in [0.25, 0.3) is 0 Å². The molecule has 0 bridgehead atoms. The highest BCUT2D eigenvalue weighted by molar-refractivity contribution is 5.71. The van der Waals surface area contributed by atoms with Crippen molar-refractivity contribution in [2.75, 3.05) is 6.61 Å². The first kappa shape index (κ1) is 24.4. The highest BCUT2D eigenvalue weighted by Gasteiger charge is 2.22. The topological polar surface area (TPSA) is 33.0 Å². The van der Waals surface area contributed by atoms with Crippen LogP contribution in [0.2, 0.25) is 0 Å². The Bertz CT molecular complexity index is 840. The van der Waals surface area contributed by atoms with Gasteiger partial charge in [-0.05, 0) is 78.8 Å². The van der Waals surface area contributed by atoms with E-state index in [1.54, 1.807) is 0 Å². The number of rotatable bonds is 12. The maximum absolute atomic E-state index is 9.70. The molecule has 0 heterocycles. The summed E-state index contributed by atoms with van der Waals surface area (Å²) in [6.07, 6.45) is 15.7. The average molecular weight is 432 g/mol. The van der Waals surface area contributed by atoms with Crippen LogP contribution in [0.4, 0.5) is 0 Å². The summed E-state index contributed by atoms with van der Waals surface area (Å²) >= 11 is 0. The van der Waals surface area contributed by atoms with E-state index in [0.29, 0.717) is 11.5 Å². The van der Waals surface area contributed by atoms with E-state index in [-0.39, 0.29) is 0 Å². The lowest BCUT2D eigenvalue weighted by Crippen LogP contribution is -2.13.